The smallest absolute Gasteiger partial charge is 0.151 e. The molecule has 0 aliphatic heterocycles. The molecule has 1 aliphatic rings. The van der Waals surface area contributed by atoms with Crippen molar-refractivity contribution < 1.29 is 0 Å². The molecule has 1 fully saturated rings. The van der Waals surface area contributed by atoms with Crippen LogP contribution >= 0.6 is 0 Å². The number of benzene rings is 1. The van der Waals surface area contributed by atoms with Crippen LogP contribution in [0.3, 0.4) is 0 Å². The SMILES string of the molecule is Cc1cc(NCc2ncnn2-c2ccccc2)nc(C2CCC2)n1. The number of aromatic nitrogens is 5. The van der Waals surface area contributed by atoms with Gasteiger partial charge >= 0.3 is 0 Å². The van der Waals surface area contributed by atoms with Crippen LogP contribution in [-0.2, 0) is 6.54 Å². The van der Waals surface area contributed by atoms with Gasteiger partial charge in [-0.1, -0.05) is 24.6 Å². The van der Waals surface area contributed by atoms with Crippen molar-refractivity contribution in [1.29, 1.82) is 0 Å². The van der Waals surface area contributed by atoms with Gasteiger partial charge in [0.25, 0.3) is 0 Å². The molecule has 0 unspecified atom stereocenters. The number of aryl methyl sites for hydroxylation is 1. The molecule has 2 heterocycles. The highest BCUT2D eigenvalue weighted by Gasteiger charge is 2.22. The first kappa shape index (κ1) is 14.8. The fourth-order valence-electron chi connectivity index (χ4n) is 2.87. The summed E-state index contributed by atoms with van der Waals surface area (Å²) < 4.78 is 1.84. The number of hydrogen-bond donors (Lipinski definition) is 1. The van der Waals surface area contributed by atoms with E-state index in [4.69, 9.17) is 0 Å². The Morgan fingerprint density at radius 1 is 1.17 bits per heavy atom. The van der Waals surface area contributed by atoms with Crippen molar-refractivity contribution in [2.45, 2.75) is 38.6 Å². The summed E-state index contributed by atoms with van der Waals surface area (Å²) in [5, 5.41) is 7.68. The van der Waals surface area contributed by atoms with E-state index in [9.17, 15) is 0 Å². The van der Waals surface area contributed by atoms with Crippen LogP contribution in [0.25, 0.3) is 5.69 Å². The van der Waals surface area contributed by atoms with Crippen LogP contribution in [0.15, 0.2) is 42.7 Å². The first-order valence-corrected chi connectivity index (χ1v) is 8.33. The molecule has 0 saturated heterocycles. The lowest BCUT2D eigenvalue weighted by atomic mass is 9.85. The van der Waals surface area contributed by atoms with Crippen LogP contribution in [0.4, 0.5) is 5.82 Å². The lowest BCUT2D eigenvalue weighted by Gasteiger charge is -2.24. The lowest BCUT2D eigenvalue weighted by molar-refractivity contribution is 0.401. The van der Waals surface area contributed by atoms with Gasteiger partial charge in [-0.3, -0.25) is 0 Å². The van der Waals surface area contributed by atoms with Crippen LogP contribution < -0.4 is 5.32 Å². The maximum absolute atomic E-state index is 4.68. The van der Waals surface area contributed by atoms with Gasteiger partial charge in [0, 0.05) is 17.7 Å². The van der Waals surface area contributed by atoms with Crippen molar-refractivity contribution in [3.8, 4) is 5.69 Å². The molecule has 0 amide bonds. The maximum Gasteiger partial charge on any atom is 0.151 e. The molecule has 0 atom stereocenters. The second-order valence-corrected chi connectivity index (χ2v) is 6.16. The van der Waals surface area contributed by atoms with Crippen molar-refractivity contribution in [3.63, 3.8) is 0 Å². The molecule has 0 radical (unpaired) electrons. The monoisotopic (exact) mass is 320 g/mol. The summed E-state index contributed by atoms with van der Waals surface area (Å²) in [7, 11) is 0. The number of anilines is 1. The fourth-order valence-corrected chi connectivity index (χ4v) is 2.87. The Morgan fingerprint density at radius 2 is 2.00 bits per heavy atom. The molecular weight excluding hydrogens is 300 g/mol. The Bertz CT molecular complexity index is 823. The van der Waals surface area contributed by atoms with Gasteiger partial charge < -0.3 is 5.32 Å². The maximum atomic E-state index is 4.68. The summed E-state index contributed by atoms with van der Waals surface area (Å²) in [6, 6.07) is 12.0. The van der Waals surface area contributed by atoms with E-state index in [2.05, 4.69) is 25.4 Å². The van der Waals surface area contributed by atoms with Crippen LogP contribution in [-0.4, -0.2) is 24.7 Å². The summed E-state index contributed by atoms with van der Waals surface area (Å²) in [4.78, 5) is 13.6. The van der Waals surface area contributed by atoms with Gasteiger partial charge in [-0.2, -0.15) is 5.10 Å². The largest absolute Gasteiger partial charge is 0.363 e. The summed E-state index contributed by atoms with van der Waals surface area (Å²) in [5.41, 5.74) is 2.00. The molecule has 1 aliphatic carbocycles. The summed E-state index contributed by atoms with van der Waals surface area (Å²) in [6.07, 6.45) is 5.26. The van der Waals surface area contributed by atoms with Crippen molar-refractivity contribution in [3.05, 3.63) is 60.1 Å². The van der Waals surface area contributed by atoms with Gasteiger partial charge in [0.1, 0.15) is 18.0 Å². The topological polar surface area (TPSA) is 68.5 Å². The van der Waals surface area contributed by atoms with E-state index in [1.54, 1.807) is 6.33 Å². The van der Waals surface area contributed by atoms with Crippen molar-refractivity contribution in [1.82, 2.24) is 24.7 Å². The highest BCUT2D eigenvalue weighted by Crippen LogP contribution is 2.34. The molecule has 4 rings (SSSR count). The van der Waals surface area contributed by atoms with Gasteiger partial charge in [-0.15, -0.1) is 0 Å². The number of rotatable bonds is 5. The van der Waals surface area contributed by atoms with E-state index in [1.165, 1.54) is 19.3 Å². The molecule has 0 bridgehead atoms. The average molecular weight is 320 g/mol. The van der Waals surface area contributed by atoms with Crippen LogP contribution in [0.2, 0.25) is 0 Å². The van der Waals surface area contributed by atoms with Gasteiger partial charge in [0.05, 0.1) is 12.2 Å². The van der Waals surface area contributed by atoms with E-state index in [1.807, 2.05) is 48.0 Å². The molecule has 2 aromatic heterocycles. The van der Waals surface area contributed by atoms with E-state index in [-0.39, 0.29) is 0 Å². The Hall–Kier alpha value is -2.76. The van der Waals surface area contributed by atoms with Gasteiger partial charge in [0.2, 0.25) is 0 Å². The highest BCUT2D eigenvalue weighted by molar-refractivity contribution is 5.37. The summed E-state index contributed by atoms with van der Waals surface area (Å²) in [5.74, 6) is 3.20. The Kier molecular flexibility index (Phi) is 3.94. The van der Waals surface area contributed by atoms with Gasteiger partial charge in [-0.05, 0) is 31.9 Å². The van der Waals surface area contributed by atoms with E-state index < -0.39 is 0 Å². The molecule has 1 saturated carbocycles. The average Bonchev–Trinajstić information content (AvgIpc) is 3.00. The molecule has 122 valence electrons. The Balaban J connectivity index is 1.52. The van der Waals surface area contributed by atoms with Crippen molar-refractivity contribution in [2.24, 2.45) is 0 Å². The van der Waals surface area contributed by atoms with Crippen LogP contribution in [0, 0.1) is 6.92 Å². The third-order valence-corrected chi connectivity index (χ3v) is 4.39. The number of nitrogens with one attached hydrogen (secondary N) is 1. The molecule has 0 spiro atoms. The van der Waals surface area contributed by atoms with E-state index in [0.717, 1.165) is 28.8 Å². The summed E-state index contributed by atoms with van der Waals surface area (Å²) >= 11 is 0. The standard InChI is InChI=1S/C18H20N6/c1-13-10-16(23-18(22-13)14-6-5-7-14)19-11-17-20-12-21-24(17)15-8-3-2-4-9-15/h2-4,8-10,12,14H,5-7,11H2,1H3,(H,19,22,23). The second-order valence-electron chi connectivity index (χ2n) is 6.16. The molecular formula is C18H20N6. The minimum Gasteiger partial charge on any atom is -0.363 e. The number of hydrogen-bond acceptors (Lipinski definition) is 5. The molecule has 3 aromatic rings. The summed E-state index contributed by atoms with van der Waals surface area (Å²) in [6.45, 7) is 2.58. The first-order valence-electron chi connectivity index (χ1n) is 8.33. The fraction of sp³-hybridized carbons (Fsp3) is 0.333. The quantitative estimate of drug-likeness (QED) is 0.781. The molecule has 1 aromatic carbocycles. The van der Waals surface area contributed by atoms with Crippen LogP contribution in [0.1, 0.15) is 42.5 Å². The third-order valence-electron chi connectivity index (χ3n) is 4.39. The van der Waals surface area contributed by atoms with E-state index in [0.29, 0.717) is 12.5 Å². The third kappa shape index (κ3) is 2.99. The van der Waals surface area contributed by atoms with Gasteiger partial charge in [0.15, 0.2) is 5.82 Å². The van der Waals surface area contributed by atoms with Crippen molar-refractivity contribution >= 4 is 5.82 Å². The minimum absolute atomic E-state index is 0.526. The molecule has 6 nitrogen and oxygen atoms in total. The Morgan fingerprint density at radius 3 is 2.75 bits per heavy atom. The molecule has 1 N–H and O–H groups in total. The second kappa shape index (κ2) is 6.39. The zero-order valence-corrected chi connectivity index (χ0v) is 13.7. The first-order chi connectivity index (χ1) is 11.8. The minimum atomic E-state index is 0.526. The zero-order valence-electron chi connectivity index (χ0n) is 13.7. The number of para-hydroxylation sites is 1. The predicted molar refractivity (Wildman–Crippen MR) is 92.0 cm³/mol. The predicted octanol–water partition coefficient (Wildman–Crippen LogP) is 3.25. The molecule has 6 heteroatoms. The van der Waals surface area contributed by atoms with E-state index >= 15 is 0 Å². The molecule has 24 heavy (non-hydrogen) atoms. The zero-order chi connectivity index (χ0) is 16.4. The van der Waals surface area contributed by atoms with Gasteiger partial charge in [-0.25, -0.2) is 19.6 Å². The van der Waals surface area contributed by atoms with Crippen molar-refractivity contribution in [2.75, 3.05) is 5.32 Å². The highest BCUT2D eigenvalue weighted by atomic mass is 15.3. The number of nitrogens with zero attached hydrogens (tertiary/aromatic N) is 5. The normalized spacial score (nSPS) is 14.4. The van der Waals surface area contributed by atoms with Crippen LogP contribution in [0.5, 0.6) is 0 Å². The Labute approximate surface area is 141 Å². The lowest BCUT2D eigenvalue weighted by Crippen LogP contribution is -2.15.